The van der Waals surface area contributed by atoms with Gasteiger partial charge in [-0.3, -0.25) is 4.84 Å². The van der Waals surface area contributed by atoms with Crippen LogP contribution in [0.25, 0.3) is 0 Å². The van der Waals surface area contributed by atoms with Crippen molar-refractivity contribution in [2.24, 2.45) is 0 Å². The van der Waals surface area contributed by atoms with Crippen LogP contribution < -0.4 is 5.48 Å². The number of hydrogen-bond acceptors (Lipinski definition) is 3. The van der Waals surface area contributed by atoms with Gasteiger partial charge in [-0.05, 0) is 17.7 Å². The summed E-state index contributed by atoms with van der Waals surface area (Å²) < 4.78 is 42.8. The van der Waals surface area contributed by atoms with Crippen molar-refractivity contribution in [1.29, 1.82) is 0 Å². The first-order valence-corrected chi connectivity index (χ1v) is 4.62. The highest BCUT2D eigenvalue weighted by Crippen LogP contribution is 2.13. The third-order valence-electron chi connectivity index (χ3n) is 1.81. The number of benzene rings is 1. The first-order valence-electron chi connectivity index (χ1n) is 4.62. The van der Waals surface area contributed by atoms with Crippen LogP contribution in [0, 0.1) is 17.5 Å². The largest absolute Gasteiger partial charge is 0.382 e. The molecule has 0 spiro atoms. The summed E-state index contributed by atoms with van der Waals surface area (Å²) in [4.78, 5) is 4.87. The fraction of sp³-hybridized carbons (Fsp3) is 0.400. The highest BCUT2D eigenvalue weighted by molar-refractivity contribution is 5.19. The summed E-state index contributed by atoms with van der Waals surface area (Å²) in [5.41, 5.74) is 2.73. The Bertz CT molecular complexity index is 324. The van der Waals surface area contributed by atoms with Crippen molar-refractivity contribution in [3.63, 3.8) is 0 Å². The van der Waals surface area contributed by atoms with E-state index in [2.05, 4.69) is 5.48 Å². The fourth-order valence-corrected chi connectivity index (χ4v) is 1.04. The highest BCUT2D eigenvalue weighted by atomic mass is 19.2. The molecule has 1 rings (SSSR count). The Hall–Kier alpha value is -1.11. The minimum atomic E-state index is -1.47. The summed E-state index contributed by atoms with van der Waals surface area (Å²) in [6.45, 7) is 0.791. The predicted molar refractivity (Wildman–Crippen MR) is 51.0 cm³/mol. The van der Waals surface area contributed by atoms with Gasteiger partial charge < -0.3 is 4.74 Å². The van der Waals surface area contributed by atoms with Crippen LogP contribution >= 0.6 is 0 Å². The molecule has 0 amide bonds. The molecule has 0 heterocycles. The highest BCUT2D eigenvalue weighted by Gasteiger charge is 2.09. The Morgan fingerprint density at radius 3 is 2.31 bits per heavy atom. The minimum absolute atomic E-state index is 0.0812. The van der Waals surface area contributed by atoms with Gasteiger partial charge in [0.15, 0.2) is 17.5 Å². The van der Waals surface area contributed by atoms with Gasteiger partial charge in [-0.2, -0.15) is 5.48 Å². The van der Waals surface area contributed by atoms with Gasteiger partial charge in [-0.1, -0.05) is 0 Å². The van der Waals surface area contributed by atoms with Crippen molar-refractivity contribution in [3.8, 4) is 0 Å². The molecule has 0 aliphatic heterocycles. The second kappa shape index (κ2) is 6.47. The Morgan fingerprint density at radius 2 is 1.75 bits per heavy atom. The molecule has 0 atom stereocenters. The van der Waals surface area contributed by atoms with Crippen LogP contribution in [0.15, 0.2) is 12.1 Å². The van der Waals surface area contributed by atoms with Gasteiger partial charge in [0.2, 0.25) is 0 Å². The lowest BCUT2D eigenvalue weighted by molar-refractivity contribution is 0.00339. The average Bonchev–Trinajstić information content (AvgIpc) is 2.25. The quantitative estimate of drug-likeness (QED) is 0.463. The smallest absolute Gasteiger partial charge is 0.194 e. The maximum atomic E-state index is 12.8. The topological polar surface area (TPSA) is 30.5 Å². The maximum Gasteiger partial charge on any atom is 0.194 e. The van der Waals surface area contributed by atoms with E-state index in [1.165, 1.54) is 7.11 Å². The Balaban J connectivity index is 2.43. The third kappa shape index (κ3) is 3.80. The van der Waals surface area contributed by atoms with Gasteiger partial charge in [0.05, 0.1) is 13.2 Å². The van der Waals surface area contributed by atoms with Gasteiger partial charge in [-0.15, -0.1) is 0 Å². The molecule has 0 saturated heterocycles. The van der Waals surface area contributed by atoms with Crippen molar-refractivity contribution in [1.82, 2.24) is 5.48 Å². The molecule has 0 bridgehead atoms. The van der Waals surface area contributed by atoms with Crippen LogP contribution in [0.3, 0.4) is 0 Å². The van der Waals surface area contributed by atoms with Crippen molar-refractivity contribution in [2.45, 2.75) is 6.54 Å². The summed E-state index contributed by atoms with van der Waals surface area (Å²) in [6.07, 6.45) is 0. The Kier molecular flexibility index (Phi) is 5.24. The van der Waals surface area contributed by atoms with E-state index < -0.39 is 17.5 Å². The molecule has 0 fully saturated rings. The van der Waals surface area contributed by atoms with Gasteiger partial charge in [0.25, 0.3) is 0 Å². The maximum absolute atomic E-state index is 12.8. The second-order valence-electron chi connectivity index (χ2n) is 3.04. The Labute approximate surface area is 91.1 Å². The number of halogens is 3. The van der Waals surface area contributed by atoms with E-state index in [4.69, 9.17) is 9.57 Å². The predicted octanol–water partition coefficient (Wildman–Crippen LogP) is 1.77. The SMILES string of the molecule is COCCONCc1cc(F)c(F)c(F)c1. The minimum Gasteiger partial charge on any atom is -0.382 e. The second-order valence-corrected chi connectivity index (χ2v) is 3.04. The zero-order valence-electron chi connectivity index (χ0n) is 8.73. The average molecular weight is 235 g/mol. The number of ether oxygens (including phenoxy) is 1. The number of hydrogen-bond donors (Lipinski definition) is 1. The van der Waals surface area contributed by atoms with Crippen LogP contribution in [0.4, 0.5) is 13.2 Å². The molecule has 0 aliphatic rings. The van der Waals surface area contributed by atoms with E-state index in [0.29, 0.717) is 13.2 Å². The van der Waals surface area contributed by atoms with Crippen LogP contribution in [0.1, 0.15) is 5.56 Å². The zero-order chi connectivity index (χ0) is 12.0. The lowest BCUT2D eigenvalue weighted by atomic mass is 10.2. The molecule has 0 radical (unpaired) electrons. The molecular weight excluding hydrogens is 223 g/mol. The molecule has 1 N–H and O–H groups in total. The van der Waals surface area contributed by atoms with Crippen LogP contribution in [0.2, 0.25) is 0 Å². The molecule has 0 aliphatic carbocycles. The van der Waals surface area contributed by atoms with Crippen molar-refractivity contribution >= 4 is 0 Å². The van der Waals surface area contributed by atoms with Crippen LogP contribution in [-0.4, -0.2) is 20.3 Å². The molecular formula is C10H12F3NO2. The monoisotopic (exact) mass is 235 g/mol. The lowest BCUT2D eigenvalue weighted by Crippen LogP contribution is -2.17. The lowest BCUT2D eigenvalue weighted by Gasteiger charge is -2.06. The zero-order valence-corrected chi connectivity index (χ0v) is 8.73. The van der Waals surface area contributed by atoms with Gasteiger partial charge in [0, 0.05) is 13.7 Å². The molecule has 0 saturated carbocycles. The van der Waals surface area contributed by atoms with Gasteiger partial charge in [0.1, 0.15) is 0 Å². The number of rotatable bonds is 6. The van der Waals surface area contributed by atoms with Gasteiger partial charge >= 0.3 is 0 Å². The summed E-state index contributed by atoms with van der Waals surface area (Å²) in [6, 6.07) is 1.82. The number of hydroxylamine groups is 1. The summed E-state index contributed by atoms with van der Waals surface area (Å²) in [5.74, 6) is -3.90. The molecule has 3 nitrogen and oxygen atoms in total. The molecule has 0 aromatic heterocycles. The number of methoxy groups -OCH3 is 1. The Morgan fingerprint density at radius 1 is 1.12 bits per heavy atom. The van der Waals surface area contributed by atoms with E-state index in [0.717, 1.165) is 12.1 Å². The molecule has 90 valence electrons. The first kappa shape index (κ1) is 13.0. The molecule has 1 aromatic rings. The van der Waals surface area contributed by atoms with Gasteiger partial charge in [-0.25, -0.2) is 13.2 Å². The first-order chi connectivity index (χ1) is 7.65. The molecule has 0 unspecified atom stereocenters. The molecule has 1 aromatic carbocycles. The van der Waals surface area contributed by atoms with Crippen molar-refractivity contribution in [2.75, 3.05) is 20.3 Å². The van der Waals surface area contributed by atoms with E-state index in [-0.39, 0.29) is 12.1 Å². The van der Waals surface area contributed by atoms with Crippen molar-refractivity contribution in [3.05, 3.63) is 35.1 Å². The fourth-order valence-electron chi connectivity index (χ4n) is 1.04. The number of nitrogens with one attached hydrogen (secondary N) is 1. The summed E-state index contributed by atoms with van der Waals surface area (Å²) in [5, 5.41) is 0. The summed E-state index contributed by atoms with van der Waals surface area (Å²) in [7, 11) is 1.52. The van der Waals surface area contributed by atoms with Crippen LogP contribution in [0.5, 0.6) is 0 Å². The third-order valence-corrected chi connectivity index (χ3v) is 1.81. The standard InChI is InChI=1S/C10H12F3NO2/c1-15-2-3-16-14-6-7-4-8(11)10(13)9(12)5-7/h4-5,14H,2-3,6H2,1H3. The molecule has 6 heteroatoms. The van der Waals surface area contributed by atoms with E-state index in [1.807, 2.05) is 0 Å². The summed E-state index contributed by atoms with van der Waals surface area (Å²) >= 11 is 0. The molecule has 16 heavy (non-hydrogen) atoms. The van der Waals surface area contributed by atoms with E-state index in [1.54, 1.807) is 0 Å². The van der Waals surface area contributed by atoms with Crippen molar-refractivity contribution < 1.29 is 22.7 Å². The van der Waals surface area contributed by atoms with E-state index in [9.17, 15) is 13.2 Å². The van der Waals surface area contributed by atoms with E-state index >= 15 is 0 Å². The van der Waals surface area contributed by atoms with Crippen LogP contribution in [-0.2, 0) is 16.1 Å². The normalized spacial score (nSPS) is 10.8.